The monoisotopic (exact) mass is 348 g/mol. The Balaban J connectivity index is 2.69. The Kier molecular flexibility index (Phi) is 7.06. The molecule has 1 rings (SSSR count). The van der Waals surface area contributed by atoms with E-state index in [0.717, 1.165) is 5.56 Å². The first-order valence-corrected chi connectivity index (χ1v) is 8.12. The lowest BCUT2D eigenvalue weighted by atomic mass is 10.0. The molecule has 0 bridgehead atoms. The highest BCUT2D eigenvalue weighted by Gasteiger charge is 2.29. The lowest BCUT2D eigenvalue weighted by molar-refractivity contribution is -0.0999. The topological polar surface area (TPSA) is 160 Å². The van der Waals surface area contributed by atoms with E-state index in [9.17, 15) is 23.7 Å². The zero-order valence-corrected chi connectivity index (χ0v) is 13.1. The van der Waals surface area contributed by atoms with Gasteiger partial charge < -0.3 is 25.5 Å². The molecule has 0 aliphatic rings. The summed E-state index contributed by atoms with van der Waals surface area (Å²) in [4.78, 5) is 1.80. The zero-order chi connectivity index (χ0) is 17.6. The highest BCUT2D eigenvalue weighted by molar-refractivity contribution is 7.89. The molecule has 6 N–H and O–H groups in total. The molecule has 0 aliphatic carbocycles. The number of hydrazone groups is 1. The molecule has 0 saturated heterocycles. The molecule has 0 heterocycles. The molecule has 9 nitrogen and oxygen atoms in total. The van der Waals surface area contributed by atoms with Crippen molar-refractivity contribution >= 4 is 16.2 Å². The van der Waals surface area contributed by atoms with Gasteiger partial charge in [-0.25, -0.2) is 4.83 Å². The van der Waals surface area contributed by atoms with Crippen LogP contribution in [0.15, 0.2) is 34.3 Å². The molecular formula is C13H20N2O7S. The number of aliphatic hydroxyl groups excluding tert-OH is 5. The van der Waals surface area contributed by atoms with Crippen LogP contribution in [0.3, 0.4) is 0 Å². The number of hydrogen-bond acceptors (Lipinski definition) is 8. The molecule has 0 aliphatic heterocycles. The van der Waals surface area contributed by atoms with Crippen LogP contribution in [0.25, 0.3) is 0 Å². The van der Waals surface area contributed by atoms with Crippen molar-refractivity contribution in [3.8, 4) is 0 Å². The zero-order valence-electron chi connectivity index (χ0n) is 12.3. The first-order valence-electron chi connectivity index (χ1n) is 6.64. The van der Waals surface area contributed by atoms with E-state index in [4.69, 9.17) is 10.2 Å². The second-order valence-electron chi connectivity index (χ2n) is 4.91. The van der Waals surface area contributed by atoms with Crippen molar-refractivity contribution in [2.24, 2.45) is 5.10 Å². The van der Waals surface area contributed by atoms with Gasteiger partial charge in [0, 0.05) is 0 Å². The molecule has 0 saturated carbocycles. The fourth-order valence-corrected chi connectivity index (χ4v) is 2.37. The Bertz CT molecular complexity index is 618. The van der Waals surface area contributed by atoms with E-state index in [1.54, 1.807) is 19.1 Å². The molecule has 10 heteroatoms. The Labute approximate surface area is 133 Å². The van der Waals surface area contributed by atoms with Crippen LogP contribution in [0.5, 0.6) is 0 Å². The maximum absolute atomic E-state index is 11.9. The number of nitrogens with zero attached hydrogens (tertiary/aromatic N) is 1. The summed E-state index contributed by atoms with van der Waals surface area (Å²) in [6, 6.07) is 5.95. The van der Waals surface area contributed by atoms with Gasteiger partial charge in [0.05, 0.1) is 17.7 Å². The van der Waals surface area contributed by atoms with Gasteiger partial charge in [-0.15, -0.1) is 0 Å². The summed E-state index contributed by atoms with van der Waals surface area (Å²) < 4.78 is 23.8. The number of aryl methyl sites for hydroxylation is 1. The predicted molar refractivity (Wildman–Crippen MR) is 81.1 cm³/mol. The molecule has 0 radical (unpaired) electrons. The van der Waals surface area contributed by atoms with Gasteiger partial charge in [-0.2, -0.15) is 13.5 Å². The van der Waals surface area contributed by atoms with Crippen molar-refractivity contribution in [1.82, 2.24) is 4.83 Å². The fourth-order valence-electron chi connectivity index (χ4n) is 1.57. The first-order chi connectivity index (χ1) is 10.7. The van der Waals surface area contributed by atoms with E-state index in [1.165, 1.54) is 12.1 Å². The van der Waals surface area contributed by atoms with Crippen LogP contribution >= 0.6 is 0 Å². The minimum absolute atomic E-state index is 0.0361. The third kappa shape index (κ3) is 5.53. The number of sulfonamides is 1. The molecule has 1 aromatic rings. The Morgan fingerprint density at radius 1 is 1.13 bits per heavy atom. The fraction of sp³-hybridized carbons (Fsp3) is 0.462. The van der Waals surface area contributed by atoms with Gasteiger partial charge in [0.1, 0.15) is 24.4 Å². The molecule has 0 unspecified atom stereocenters. The Morgan fingerprint density at radius 2 is 1.70 bits per heavy atom. The van der Waals surface area contributed by atoms with Gasteiger partial charge in [0.25, 0.3) is 10.0 Å². The van der Waals surface area contributed by atoms with Crippen LogP contribution in [-0.2, 0) is 10.0 Å². The molecule has 1 aromatic carbocycles. The molecule has 0 fully saturated rings. The SMILES string of the molecule is Cc1ccc(S(=O)(=O)N/N=C\[C@H](O)[C@@H](O)[C@H](O)[C@H](O)CO)cc1. The van der Waals surface area contributed by atoms with Crippen molar-refractivity contribution in [3.05, 3.63) is 29.8 Å². The van der Waals surface area contributed by atoms with Crippen molar-refractivity contribution < 1.29 is 34.0 Å². The second kappa shape index (κ2) is 8.34. The lowest BCUT2D eigenvalue weighted by Gasteiger charge is -2.23. The van der Waals surface area contributed by atoms with E-state index in [0.29, 0.717) is 6.21 Å². The van der Waals surface area contributed by atoms with Gasteiger partial charge in [-0.3, -0.25) is 0 Å². The highest BCUT2D eigenvalue weighted by Crippen LogP contribution is 2.09. The van der Waals surface area contributed by atoms with Crippen LogP contribution in [0, 0.1) is 6.92 Å². The minimum Gasteiger partial charge on any atom is -0.394 e. The summed E-state index contributed by atoms with van der Waals surface area (Å²) in [6.07, 6.45) is -6.44. The number of nitrogens with one attached hydrogen (secondary N) is 1. The van der Waals surface area contributed by atoms with Gasteiger partial charge in [-0.05, 0) is 19.1 Å². The van der Waals surface area contributed by atoms with E-state index < -0.39 is 41.0 Å². The minimum atomic E-state index is -3.93. The standard InChI is InChI=1S/C13H20N2O7S/c1-8-2-4-9(5-3-8)23(21,22)15-14-6-10(17)12(19)13(20)11(18)7-16/h2-6,10-13,15-20H,7H2,1H3/b14-6-/t10-,11+,12+,13+/m0/s1. The highest BCUT2D eigenvalue weighted by atomic mass is 32.2. The number of rotatable bonds is 8. The van der Waals surface area contributed by atoms with E-state index in [-0.39, 0.29) is 4.90 Å². The van der Waals surface area contributed by atoms with Crippen LogP contribution in [0.4, 0.5) is 0 Å². The van der Waals surface area contributed by atoms with Crippen LogP contribution in [0.1, 0.15) is 5.56 Å². The van der Waals surface area contributed by atoms with Crippen LogP contribution < -0.4 is 4.83 Å². The molecule has 23 heavy (non-hydrogen) atoms. The molecule has 0 amide bonds. The second-order valence-corrected chi connectivity index (χ2v) is 6.57. The van der Waals surface area contributed by atoms with Gasteiger partial charge >= 0.3 is 0 Å². The third-order valence-corrected chi connectivity index (χ3v) is 4.25. The van der Waals surface area contributed by atoms with E-state index in [2.05, 4.69) is 5.10 Å². The molecule has 130 valence electrons. The molecule has 0 aromatic heterocycles. The maximum Gasteiger partial charge on any atom is 0.276 e. The smallest absolute Gasteiger partial charge is 0.276 e. The van der Waals surface area contributed by atoms with Gasteiger partial charge in [0.15, 0.2) is 0 Å². The molecule has 0 spiro atoms. The number of hydrogen-bond donors (Lipinski definition) is 6. The van der Waals surface area contributed by atoms with Crippen LogP contribution in [0.2, 0.25) is 0 Å². The van der Waals surface area contributed by atoms with Crippen molar-refractivity contribution in [1.29, 1.82) is 0 Å². The summed E-state index contributed by atoms with van der Waals surface area (Å²) in [5.41, 5.74) is 0.877. The maximum atomic E-state index is 11.9. The largest absolute Gasteiger partial charge is 0.394 e. The van der Waals surface area contributed by atoms with Gasteiger partial charge in [0.2, 0.25) is 0 Å². The quantitative estimate of drug-likeness (QED) is 0.227. The van der Waals surface area contributed by atoms with E-state index in [1.807, 2.05) is 4.83 Å². The predicted octanol–water partition coefficient (Wildman–Crippen LogP) is -2.30. The van der Waals surface area contributed by atoms with E-state index >= 15 is 0 Å². The van der Waals surface area contributed by atoms with Crippen molar-refractivity contribution in [2.45, 2.75) is 36.2 Å². The number of benzene rings is 1. The van der Waals surface area contributed by atoms with Crippen molar-refractivity contribution in [2.75, 3.05) is 6.61 Å². The number of aliphatic hydroxyl groups is 5. The van der Waals surface area contributed by atoms with Crippen LogP contribution in [-0.4, -0.2) is 71.2 Å². The average molecular weight is 348 g/mol. The molecular weight excluding hydrogens is 328 g/mol. The van der Waals surface area contributed by atoms with Gasteiger partial charge in [-0.1, -0.05) is 17.7 Å². The summed E-state index contributed by atoms with van der Waals surface area (Å²) >= 11 is 0. The van der Waals surface area contributed by atoms with Crippen molar-refractivity contribution in [3.63, 3.8) is 0 Å². The lowest BCUT2D eigenvalue weighted by Crippen LogP contribution is -2.46. The Hall–Kier alpha value is -1.56. The average Bonchev–Trinajstić information content (AvgIpc) is 2.52. The summed E-state index contributed by atoms with van der Waals surface area (Å²) in [7, 11) is -3.93. The third-order valence-electron chi connectivity index (χ3n) is 3.01. The molecule has 4 atom stereocenters. The Morgan fingerprint density at radius 3 is 2.22 bits per heavy atom. The first kappa shape index (κ1) is 19.5. The summed E-state index contributed by atoms with van der Waals surface area (Å²) in [6.45, 7) is 0.980. The normalized spacial score (nSPS) is 17.7. The summed E-state index contributed by atoms with van der Waals surface area (Å²) in [5.74, 6) is 0. The summed E-state index contributed by atoms with van der Waals surface area (Å²) in [5, 5.41) is 49.6.